The molecule has 0 amide bonds. The molecule has 0 N–H and O–H groups in total. The lowest BCUT2D eigenvalue weighted by Gasteiger charge is -2.29. The normalized spacial score (nSPS) is 14.1. The van der Waals surface area contributed by atoms with Crippen LogP contribution in [0, 0.1) is 75.4 Å². The lowest BCUT2D eigenvalue weighted by molar-refractivity contribution is 0.226. The minimum absolute atomic E-state index is 0.635. The van der Waals surface area contributed by atoms with Crippen LogP contribution in [0.3, 0.4) is 0 Å². The fraction of sp³-hybridized carbons (Fsp3) is 1.00. The summed E-state index contributed by atoms with van der Waals surface area (Å²) in [5.41, 5.74) is 1.98. The van der Waals surface area contributed by atoms with Gasteiger partial charge in [0.25, 0.3) is 0 Å². The molecule has 0 spiro atoms. The van der Waals surface area contributed by atoms with Crippen LogP contribution in [0.1, 0.15) is 414 Å². The van der Waals surface area contributed by atoms with Crippen molar-refractivity contribution in [2.75, 3.05) is 0 Å². The summed E-state index contributed by atoms with van der Waals surface area (Å²) in [6.07, 6.45) is 40.8. The first kappa shape index (κ1) is 91.5. The van der Waals surface area contributed by atoms with Gasteiger partial charge in [-0.05, 0) is 94.7 Å². The molecule has 0 aromatic rings. The van der Waals surface area contributed by atoms with E-state index in [-0.39, 0.29) is 0 Å². The molecule has 0 aliphatic rings. The molecule has 0 aliphatic heterocycles. The first-order chi connectivity index (χ1) is 35.3. The fourth-order valence-corrected chi connectivity index (χ4v) is 10.7. The molecule has 7 atom stereocenters. The summed E-state index contributed by atoms with van der Waals surface area (Å²) in [7, 11) is 0. The molecule has 0 aliphatic carbocycles. The van der Waals surface area contributed by atoms with E-state index in [4.69, 9.17) is 0 Å². The van der Waals surface area contributed by atoms with Gasteiger partial charge in [0.1, 0.15) is 0 Å². The van der Waals surface area contributed by atoms with Crippen molar-refractivity contribution in [3.05, 3.63) is 0 Å². The van der Waals surface area contributed by atoms with Gasteiger partial charge in [-0.25, -0.2) is 0 Å². The summed E-state index contributed by atoms with van der Waals surface area (Å²) in [5.74, 6) is 9.43. The van der Waals surface area contributed by atoms with Gasteiger partial charge < -0.3 is 0 Å². The summed E-state index contributed by atoms with van der Waals surface area (Å²) in [4.78, 5) is 0. The van der Waals surface area contributed by atoms with Crippen molar-refractivity contribution in [2.24, 2.45) is 75.4 Å². The first-order valence-corrected chi connectivity index (χ1v) is 35.3. The molecule has 75 heavy (non-hydrogen) atoms. The van der Waals surface area contributed by atoms with Gasteiger partial charge in [0, 0.05) is 0 Å². The zero-order valence-corrected chi connectivity index (χ0v) is 60.5. The molecule has 0 aromatic carbocycles. The topological polar surface area (TPSA) is 0 Å². The average Bonchev–Trinajstić information content (AvgIpc) is 3.45. The van der Waals surface area contributed by atoms with Crippen molar-refractivity contribution in [3.63, 3.8) is 0 Å². The summed E-state index contributed by atoms with van der Waals surface area (Å²) in [6.45, 7) is 73.9. The smallest absolute Gasteiger partial charge is 0.0305 e. The molecular weight excluding hydrogens is 901 g/mol. The maximum Gasteiger partial charge on any atom is -0.0305 e. The van der Waals surface area contributed by atoms with E-state index in [1.807, 2.05) is 0 Å². The van der Waals surface area contributed by atoms with E-state index in [1.165, 1.54) is 193 Å². The second kappa shape index (κ2) is 64.8. The van der Waals surface area contributed by atoms with Crippen molar-refractivity contribution in [3.8, 4) is 0 Å². The Kier molecular flexibility index (Phi) is 79.1. The van der Waals surface area contributed by atoms with E-state index in [1.54, 1.807) is 0 Å². The number of unbranched alkanes of at least 4 members (excludes halogenated alkanes) is 1. The Bertz CT molecular complexity index is 889. The average molecular weight is 1070 g/mol. The SMILES string of the molecule is CCC(C)C(C)CC.CCC(C)C(CC)CC.CCC(C)CC(C)CC.CCC(C)CCC(C)CC.CCC(CC)(CC)CC.CCC(CC)C(CC)CC.CCCC(CC)(CC)CC.CCCCC(C)(CC)CC. The molecule has 0 bridgehead atoms. The lowest BCUT2D eigenvalue weighted by atomic mass is 9.76. The van der Waals surface area contributed by atoms with Crippen LogP contribution in [-0.2, 0) is 0 Å². The van der Waals surface area contributed by atoms with Crippen LogP contribution in [0.25, 0.3) is 0 Å². The fourth-order valence-electron chi connectivity index (χ4n) is 10.7. The van der Waals surface area contributed by atoms with Crippen LogP contribution in [0.2, 0.25) is 0 Å². The molecule has 0 heteroatoms. The summed E-state index contributed by atoms with van der Waals surface area (Å²) in [6, 6.07) is 0. The van der Waals surface area contributed by atoms with E-state index in [0.717, 1.165) is 59.2 Å². The largest absolute Gasteiger partial charge is 0.0654 e. The van der Waals surface area contributed by atoms with Gasteiger partial charge >= 0.3 is 0 Å². The maximum atomic E-state index is 2.41. The van der Waals surface area contributed by atoms with Crippen molar-refractivity contribution < 1.29 is 0 Å². The summed E-state index contributed by atoms with van der Waals surface area (Å²) in [5, 5.41) is 0. The van der Waals surface area contributed by atoms with Crippen LogP contribution in [0.5, 0.6) is 0 Å². The van der Waals surface area contributed by atoms with Gasteiger partial charge in [0.2, 0.25) is 0 Å². The molecule has 0 rings (SSSR count). The highest BCUT2D eigenvalue weighted by Crippen LogP contribution is 2.36. The molecule has 0 nitrogen and oxygen atoms in total. The van der Waals surface area contributed by atoms with Crippen LogP contribution in [-0.4, -0.2) is 0 Å². The standard InChI is InChI=1S/4C10H22.3C9H20.C8H18/c1-5-9(3)7-8-10(4)6-2;1-5-8-9-10(4,6-2)7-3;1-5-9-10(6-2,7-3)8-4;1-5-9(6-2)10(7-3)8-4;1-5-8(3)7-9(4)6-2;1-5-9(6-2,7-3)8-4;1-5-8(4)9(6-2)7-3;1-5-7(3)8(4)6-2/h9-10H,5-8H2,1-4H3;2*5-9H2,1-4H3;9-10H,5-8H2,1-4H3;8-9H,5-7H2,1-4H3;5-8H2,1-4H3;8-9H,5-7H2,1-4H3;7-8H,5-6H2,1-4H3. The maximum absolute atomic E-state index is 2.41. The van der Waals surface area contributed by atoms with Gasteiger partial charge in [0.05, 0.1) is 0 Å². The van der Waals surface area contributed by atoms with E-state index in [0.29, 0.717) is 16.2 Å². The molecule has 466 valence electrons. The lowest BCUT2D eigenvalue weighted by Crippen LogP contribution is -2.16. The third-order valence-electron chi connectivity index (χ3n) is 21.1. The van der Waals surface area contributed by atoms with E-state index < -0.39 is 0 Å². The minimum atomic E-state index is 0.635. The molecule has 0 fully saturated rings. The van der Waals surface area contributed by atoms with Crippen molar-refractivity contribution in [1.82, 2.24) is 0 Å². The predicted molar refractivity (Wildman–Crippen MR) is 362 cm³/mol. The highest BCUT2D eigenvalue weighted by Gasteiger charge is 2.22. The second-order valence-corrected chi connectivity index (χ2v) is 25.6. The van der Waals surface area contributed by atoms with Crippen LogP contribution in [0.4, 0.5) is 0 Å². The Labute approximate surface area is 487 Å². The molecular formula is C75H166. The number of rotatable bonds is 35. The Morgan fingerprint density at radius 3 is 0.680 bits per heavy atom. The zero-order valence-electron chi connectivity index (χ0n) is 60.5. The van der Waals surface area contributed by atoms with Crippen molar-refractivity contribution in [1.29, 1.82) is 0 Å². The number of hydrogen-bond acceptors (Lipinski definition) is 0. The molecule has 0 saturated heterocycles. The predicted octanol–water partition coefficient (Wildman–Crippen LogP) is 29.4. The number of hydrogen-bond donors (Lipinski definition) is 0. The highest BCUT2D eigenvalue weighted by atomic mass is 14.3. The van der Waals surface area contributed by atoms with Gasteiger partial charge in [-0.2, -0.15) is 0 Å². The highest BCUT2D eigenvalue weighted by molar-refractivity contribution is 4.74. The first-order valence-electron chi connectivity index (χ1n) is 35.3. The summed E-state index contributed by atoms with van der Waals surface area (Å²) >= 11 is 0. The van der Waals surface area contributed by atoms with Crippen LogP contribution < -0.4 is 0 Å². The van der Waals surface area contributed by atoms with E-state index in [2.05, 4.69) is 222 Å². The third-order valence-corrected chi connectivity index (χ3v) is 21.1. The molecule has 7 unspecified atom stereocenters. The van der Waals surface area contributed by atoms with Gasteiger partial charge in [0.15, 0.2) is 0 Å². The Balaban J connectivity index is -0.000000114. The quantitative estimate of drug-likeness (QED) is 0.0593. The van der Waals surface area contributed by atoms with E-state index >= 15 is 0 Å². The second-order valence-electron chi connectivity index (χ2n) is 25.6. The molecule has 0 radical (unpaired) electrons. The molecule has 0 aromatic heterocycles. The minimum Gasteiger partial charge on any atom is -0.0654 e. The van der Waals surface area contributed by atoms with Gasteiger partial charge in [-0.1, -0.05) is 395 Å². The third kappa shape index (κ3) is 55.7. The van der Waals surface area contributed by atoms with E-state index in [9.17, 15) is 0 Å². The van der Waals surface area contributed by atoms with Gasteiger partial charge in [-0.3, -0.25) is 0 Å². The zero-order chi connectivity index (χ0) is 60.5. The Morgan fingerprint density at radius 1 is 0.253 bits per heavy atom. The Morgan fingerprint density at radius 2 is 0.533 bits per heavy atom. The monoisotopic (exact) mass is 1070 g/mol. The Hall–Kier alpha value is 0. The molecule has 0 heterocycles. The van der Waals surface area contributed by atoms with Crippen LogP contribution in [0.15, 0.2) is 0 Å². The molecule has 0 saturated carbocycles. The summed E-state index contributed by atoms with van der Waals surface area (Å²) < 4.78 is 0. The van der Waals surface area contributed by atoms with Gasteiger partial charge in [-0.15, -0.1) is 0 Å². The van der Waals surface area contributed by atoms with Crippen molar-refractivity contribution >= 4 is 0 Å². The van der Waals surface area contributed by atoms with Crippen LogP contribution >= 0.6 is 0 Å². The van der Waals surface area contributed by atoms with Crippen molar-refractivity contribution in [2.45, 2.75) is 414 Å².